The summed E-state index contributed by atoms with van der Waals surface area (Å²) in [6.45, 7) is 1.10. The molecule has 9 nitrogen and oxygen atoms in total. The van der Waals surface area contributed by atoms with E-state index in [0.717, 1.165) is 36.9 Å². The minimum absolute atomic E-state index is 0.0108. The van der Waals surface area contributed by atoms with Crippen LogP contribution in [0.1, 0.15) is 71.6 Å². The van der Waals surface area contributed by atoms with Crippen molar-refractivity contribution in [3.8, 4) is 0 Å². The third-order valence-electron chi connectivity index (χ3n) is 8.80. The number of rotatable bonds is 7. The molecule has 0 saturated carbocycles. The highest BCUT2D eigenvalue weighted by atomic mass is 16.5. The first-order chi connectivity index (χ1) is 19.4. The van der Waals surface area contributed by atoms with Gasteiger partial charge in [-0.2, -0.15) is 5.10 Å². The SMILES string of the molecule is Cn1nccc1C(=O)NC(CCC1CCCc2ccccc21)C(=O)Nc1ccc2c(c1)NC(=O)C21CCOCC1. The van der Waals surface area contributed by atoms with Crippen molar-refractivity contribution in [2.24, 2.45) is 7.05 Å². The van der Waals surface area contributed by atoms with Gasteiger partial charge in [0.1, 0.15) is 11.7 Å². The number of anilines is 2. The average molecular weight is 542 g/mol. The molecule has 9 heteroatoms. The summed E-state index contributed by atoms with van der Waals surface area (Å²) in [6, 6.07) is 15.0. The Bertz CT molecular complexity index is 1440. The lowest BCUT2D eigenvalue weighted by Crippen LogP contribution is -2.44. The highest BCUT2D eigenvalue weighted by Gasteiger charge is 2.47. The van der Waals surface area contributed by atoms with Crippen LogP contribution in [0.3, 0.4) is 0 Å². The van der Waals surface area contributed by atoms with E-state index in [1.807, 2.05) is 18.2 Å². The zero-order valence-corrected chi connectivity index (χ0v) is 22.7. The molecule has 2 unspecified atom stereocenters. The van der Waals surface area contributed by atoms with E-state index in [2.05, 4.69) is 45.3 Å². The standard InChI is InChI=1S/C31H35N5O4/c1-36-27(13-16-32-36)29(38)34-25(12-9-21-7-4-6-20-5-2-3-8-23(20)21)28(37)33-22-10-11-24-26(19-22)35-30(39)31(24)14-17-40-18-15-31/h2-3,5,8,10-11,13,16,19,21,25H,4,6-7,9,12,14-15,17-18H2,1H3,(H,33,37)(H,34,38)(H,35,39). The molecule has 0 bridgehead atoms. The molecule has 3 aliphatic rings. The third kappa shape index (κ3) is 4.90. The first-order valence-corrected chi connectivity index (χ1v) is 14.2. The number of carbonyl (C=O) groups is 3. The van der Waals surface area contributed by atoms with Crippen molar-refractivity contribution >= 4 is 29.1 Å². The lowest BCUT2D eigenvalue weighted by molar-refractivity contribution is -0.124. The van der Waals surface area contributed by atoms with E-state index >= 15 is 0 Å². The molecular formula is C31H35N5O4. The van der Waals surface area contributed by atoms with Gasteiger partial charge in [0.25, 0.3) is 5.91 Å². The molecule has 3 amide bonds. The maximum absolute atomic E-state index is 13.6. The molecule has 0 radical (unpaired) electrons. The fourth-order valence-electron chi connectivity index (χ4n) is 6.57. The van der Waals surface area contributed by atoms with Crippen LogP contribution in [0.4, 0.5) is 11.4 Å². The third-order valence-corrected chi connectivity index (χ3v) is 8.80. The van der Waals surface area contributed by atoms with Crippen molar-refractivity contribution in [3.05, 3.63) is 77.1 Å². The molecule has 2 aliphatic heterocycles. The fraction of sp³-hybridized carbons (Fsp3) is 0.419. The van der Waals surface area contributed by atoms with Crippen LogP contribution in [0.2, 0.25) is 0 Å². The van der Waals surface area contributed by atoms with Crippen molar-refractivity contribution in [1.82, 2.24) is 15.1 Å². The molecule has 1 fully saturated rings. The number of nitrogens with zero attached hydrogens (tertiary/aromatic N) is 2. The molecule has 2 aromatic carbocycles. The number of nitrogens with one attached hydrogen (secondary N) is 3. The second-order valence-corrected chi connectivity index (χ2v) is 11.1. The van der Waals surface area contributed by atoms with E-state index < -0.39 is 11.5 Å². The second kappa shape index (κ2) is 10.9. The molecule has 1 spiro atoms. The van der Waals surface area contributed by atoms with Gasteiger partial charge in [-0.25, -0.2) is 0 Å². The van der Waals surface area contributed by atoms with E-state index in [1.54, 1.807) is 19.3 Å². The first-order valence-electron chi connectivity index (χ1n) is 14.2. The van der Waals surface area contributed by atoms with Gasteiger partial charge in [-0.15, -0.1) is 0 Å². The molecule has 6 rings (SSSR count). The molecule has 1 aliphatic carbocycles. The van der Waals surface area contributed by atoms with Gasteiger partial charge in [0.2, 0.25) is 11.8 Å². The number of benzene rings is 2. The van der Waals surface area contributed by atoms with Crippen molar-refractivity contribution in [2.75, 3.05) is 23.8 Å². The zero-order valence-electron chi connectivity index (χ0n) is 22.7. The fourth-order valence-corrected chi connectivity index (χ4v) is 6.57. The van der Waals surface area contributed by atoms with Crippen LogP contribution in [-0.2, 0) is 33.2 Å². The highest BCUT2D eigenvalue weighted by Crippen LogP contribution is 2.45. The monoisotopic (exact) mass is 541 g/mol. The quantitative estimate of drug-likeness (QED) is 0.418. The number of ether oxygens (including phenoxy) is 1. The van der Waals surface area contributed by atoms with Crippen LogP contribution < -0.4 is 16.0 Å². The predicted molar refractivity (Wildman–Crippen MR) is 151 cm³/mol. The van der Waals surface area contributed by atoms with Gasteiger partial charge in [0.15, 0.2) is 0 Å². The van der Waals surface area contributed by atoms with Crippen LogP contribution in [0.15, 0.2) is 54.7 Å². The summed E-state index contributed by atoms with van der Waals surface area (Å²) >= 11 is 0. The Hall–Kier alpha value is -3.98. The molecule has 1 saturated heterocycles. The topological polar surface area (TPSA) is 114 Å². The molecule has 3 heterocycles. The molecule has 3 aromatic rings. The molecule has 3 N–H and O–H groups in total. The molecular weight excluding hydrogens is 506 g/mol. The minimum atomic E-state index is -0.735. The van der Waals surface area contributed by atoms with Crippen LogP contribution >= 0.6 is 0 Å². The summed E-state index contributed by atoms with van der Waals surface area (Å²) in [7, 11) is 1.70. The van der Waals surface area contributed by atoms with Gasteiger partial charge in [0, 0.05) is 37.8 Å². The number of amides is 3. The normalized spacial score (nSPS) is 19.8. The first kappa shape index (κ1) is 26.3. The van der Waals surface area contributed by atoms with Crippen LogP contribution in [-0.4, -0.2) is 46.8 Å². The molecule has 2 atom stereocenters. The van der Waals surface area contributed by atoms with Gasteiger partial charge in [0.05, 0.1) is 5.41 Å². The van der Waals surface area contributed by atoms with Crippen molar-refractivity contribution in [1.29, 1.82) is 0 Å². The van der Waals surface area contributed by atoms with Gasteiger partial charge in [-0.05, 0) is 85.8 Å². The van der Waals surface area contributed by atoms with Crippen molar-refractivity contribution < 1.29 is 19.1 Å². The summed E-state index contributed by atoms with van der Waals surface area (Å²) < 4.78 is 6.99. The maximum atomic E-state index is 13.6. The second-order valence-electron chi connectivity index (χ2n) is 11.1. The Labute approximate surface area is 233 Å². The number of aromatic nitrogens is 2. The van der Waals surface area contributed by atoms with E-state index in [9.17, 15) is 14.4 Å². The average Bonchev–Trinajstić information content (AvgIpc) is 3.51. The highest BCUT2D eigenvalue weighted by molar-refractivity contribution is 6.07. The van der Waals surface area contributed by atoms with Crippen LogP contribution in [0.5, 0.6) is 0 Å². The van der Waals surface area contributed by atoms with Gasteiger partial charge >= 0.3 is 0 Å². The number of fused-ring (bicyclic) bond motifs is 3. The van der Waals surface area contributed by atoms with Crippen molar-refractivity contribution in [3.63, 3.8) is 0 Å². The maximum Gasteiger partial charge on any atom is 0.270 e. The number of hydrogen-bond donors (Lipinski definition) is 3. The molecule has 40 heavy (non-hydrogen) atoms. The van der Waals surface area contributed by atoms with Gasteiger partial charge in [-0.3, -0.25) is 19.1 Å². The Morgan fingerprint density at radius 1 is 1.18 bits per heavy atom. The number of carbonyl (C=O) groups excluding carboxylic acids is 3. The van der Waals surface area contributed by atoms with Crippen LogP contribution in [0, 0.1) is 0 Å². The van der Waals surface area contributed by atoms with Gasteiger partial charge in [-0.1, -0.05) is 30.3 Å². The summed E-state index contributed by atoms with van der Waals surface area (Å²) in [5, 5.41) is 13.1. The largest absolute Gasteiger partial charge is 0.381 e. The predicted octanol–water partition coefficient (Wildman–Crippen LogP) is 4.06. The van der Waals surface area contributed by atoms with Gasteiger partial charge < -0.3 is 20.7 Å². The summed E-state index contributed by atoms with van der Waals surface area (Å²) in [5.41, 5.74) is 4.81. The minimum Gasteiger partial charge on any atom is -0.381 e. The lowest BCUT2D eigenvalue weighted by Gasteiger charge is -2.31. The smallest absolute Gasteiger partial charge is 0.270 e. The summed E-state index contributed by atoms with van der Waals surface area (Å²) in [5.74, 6) is -0.292. The Kier molecular flexibility index (Phi) is 7.14. The summed E-state index contributed by atoms with van der Waals surface area (Å²) in [6.07, 6.45) is 7.40. The lowest BCUT2D eigenvalue weighted by atomic mass is 9.75. The Morgan fingerprint density at radius 2 is 2.00 bits per heavy atom. The Morgan fingerprint density at radius 3 is 2.80 bits per heavy atom. The number of aryl methyl sites for hydroxylation is 2. The molecule has 1 aromatic heterocycles. The Balaban J connectivity index is 1.20. The van der Waals surface area contributed by atoms with E-state index in [1.165, 1.54) is 15.8 Å². The van der Waals surface area contributed by atoms with Crippen LogP contribution in [0.25, 0.3) is 0 Å². The zero-order chi connectivity index (χ0) is 27.7. The van der Waals surface area contributed by atoms with E-state index in [0.29, 0.717) is 49.8 Å². The number of hydrogen-bond acceptors (Lipinski definition) is 5. The molecule has 208 valence electrons. The van der Waals surface area contributed by atoms with E-state index in [-0.39, 0.29) is 17.7 Å². The summed E-state index contributed by atoms with van der Waals surface area (Å²) in [4.78, 5) is 39.6. The van der Waals surface area contributed by atoms with E-state index in [4.69, 9.17) is 4.74 Å². The van der Waals surface area contributed by atoms with Crippen molar-refractivity contribution in [2.45, 2.75) is 62.3 Å².